The van der Waals surface area contributed by atoms with Crippen molar-refractivity contribution < 1.29 is 0 Å². The molecule has 0 aromatic heterocycles. The zero-order valence-electron chi connectivity index (χ0n) is 9.95. The monoisotopic (exact) mass is 185 g/mol. The molecule has 13 heavy (non-hydrogen) atoms. The Labute approximate surface area is 84.4 Å². The number of unbranched alkanes of at least 4 members (excludes halogenated alkanes) is 4. The minimum Gasteiger partial charge on any atom is -0.310 e. The normalized spacial score (nSPS) is 8.92. The highest BCUT2D eigenvalue weighted by atomic mass is 14.4. The van der Waals surface area contributed by atoms with Gasteiger partial charge >= 0.3 is 0 Å². The molecular weight excluding hydrogens is 158 g/mol. The third-order valence-corrected chi connectivity index (χ3v) is 1.86. The first-order valence-corrected chi connectivity index (χ1v) is 5.72. The molecule has 0 amide bonds. The summed E-state index contributed by atoms with van der Waals surface area (Å²) in [7, 11) is 0. The Hall–Kier alpha value is -0.330. The second-order valence-corrected chi connectivity index (χ2v) is 3.59. The summed E-state index contributed by atoms with van der Waals surface area (Å²) in [6.45, 7) is 8.47. The summed E-state index contributed by atoms with van der Waals surface area (Å²) in [6, 6.07) is 0. The topological polar surface area (TPSA) is 23.9 Å². The molecular formula is C12H27N. The van der Waals surface area contributed by atoms with Crippen LogP contribution in [0.15, 0.2) is 0 Å². The largest absolute Gasteiger partial charge is 0.310 e. The Morgan fingerprint density at radius 3 is 1.54 bits per heavy atom. The maximum Gasteiger partial charge on any atom is 0.00582 e. The molecule has 0 saturated carbocycles. The Kier molecular flexibility index (Phi) is 16.6. The molecule has 0 aliphatic carbocycles. The fourth-order valence-electron chi connectivity index (χ4n) is 0.994. The molecule has 0 bridgehead atoms. The second-order valence-electron chi connectivity index (χ2n) is 3.59. The first-order chi connectivity index (χ1) is 6.18. The lowest BCUT2D eigenvalue weighted by molar-refractivity contribution is 0.739. The van der Waals surface area contributed by atoms with Crippen molar-refractivity contribution in [3.8, 4) is 0 Å². The van der Waals surface area contributed by atoms with Crippen LogP contribution in [-0.2, 0) is 0 Å². The van der Waals surface area contributed by atoms with Crippen molar-refractivity contribution in [1.82, 2.24) is 0 Å². The van der Waals surface area contributed by atoms with Crippen LogP contribution in [0.3, 0.4) is 0 Å². The number of rotatable bonds is 6. The fourth-order valence-corrected chi connectivity index (χ4v) is 0.994. The van der Waals surface area contributed by atoms with E-state index >= 15 is 0 Å². The van der Waals surface area contributed by atoms with Gasteiger partial charge in [0.15, 0.2) is 0 Å². The highest BCUT2D eigenvalue weighted by molar-refractivity contribution is 5.78. The van der Waals surface area contributed by atoms with Crippen molar-refractivity contribution in [2.75, 3.05) is 0 Å². The summed E-state index contributed by atoms with van der Waals surface area (Å²) < 4.78 is 0. The van der Waals surface area contributed by atoms with Gasteiger partial charge in [-0.3, -0.25) is 0 Å². The number of hydrogen-bond donors (Lipinski definition) is 1. The van der Waals surface area contributed by atoms with Crippen molar-refractivity contribution in [1.29, 1.82) is 5.41 Å². The van der Waals surface area contributed by atoms with Crippen molar-refractivity contribution >= 4 is 5.71 Å². The molecule has 80 valence electrons. The van der Waals surface area contributed by atoms with Crippen LogP contribution in [-0.4, -0.2) is 5.71 Å². The molecule has 1 nitrogen and oxygen atoms in total. The Morgan fingerprint density at radius 2 is 1.31 bits per heavy atom. The molecule has 0 radical (unpaired) electrons. The minimum absolute atomic E-state index is 0.818. The van der Waals surface area contributed by atoms with Crippen molar-refractivity contribution in [2.24, 2.45) is 0 Å². The van der Waals surface area contributed by atoms with E-state index in [0.717, 1.165) is 12.1 Å². The van der Waals surface area contributed by atoms with Crippen LogP contribution < -0.4 is 0 Å². The molecule has 1 heteroatoms. The lowest BCUT2D eigenvalue weighted by Crippen LogP contribution is -1.86. The second kappa shape index (κ2) is 14.2. The van der Waals surface area contributed by atoms with Gasteiger partial charge in [-0.2, -0.15) is 0 Å². The van der Waals surface area contributed by atoms with Gasteiger partial charge in [-0.25, -0.2) is 0 Å². The fraction of sp³-hybridized carbons (Fsp3) is 0.917. The first kappa shape index (κ1) is 15.2. The zero-order valence-corrected chi connectivity index (χ0v) is 9.95. The quantitative estimate of drug-likeness (QED) is 0.454. The van der Waals surface area contributed by atoms with E-state index in [1.807, 2.05) is 6.92 Å². The van der Waals surface area contributed by atoms with E-state index in [9.17, 15) is 0 Å². The van der Waals surface area contributed by atoms with Crippen LogP contribution in [0.25, 0.3) is 0 Å². The molecule has 0 heterocycles. The van der Waals surface area contributed by atoms with Gasteiger partial charge in [-0.15, -0.1) is 0 Å². The SMILES string of the molecule is CCCCC.CCCCCC(C)=N. The molecule has 0 atom stereocenters. The van der Waals surface area contributed by atoms with E-state index in [1.165, 1.54) is 38.5 Å². The molecule has 0 spiro atoms. The molecule has 0 rings (SSSR count). The predicted molar refractivity (Wildman–Crippen MR) is 62.7 cm³/mol. The lowest BCUT2D eigenvalue weighted by Gasteiger charge is -1.93. The lowest BCUT2D eigenvalue weighted by atomic mass is 10.1. The standard InChI is InChI=1S/C7H15N.C5H12/c1-3-4-5-6-7(2)8;1-3-5-4-2/h8H,3-6H2,1-2H3;3-5H2,1-2H3. The number of nitrogens with one attached hydrogen (secondary N) is 1. The predicted octanol–water partition coefficient (Wildman–Crippen LogP) is 4.80. The maximum atomic E-state index is 7.07. The van der Waals surface area contributed by atoms with E-state index in [2.05, 4.69) is 20.8 Å². The third kappa shape index (κ3) is 24.5. The highest BCUT2D eigenvalue weighted by Crippen LogP contribution is 1.98. The van der Waals surface area contributed by atoms with Gasteiger partial charge in [0.05, 0.1) is 0 Å². The summed E-state index contributed by atoms with van der Waals surface area (Å²) in [4.78, 5) is 0. The molecule has 0 saturated heterocycles. The molecule has 0 aliphatic heterocycles. The van der Waals surface area contributed by atoms with Crippen LogP contribution in [0.1, 0.15) is 72.6 Å². The van der Waals surface area contributed by atoms with Gasteiger partial charge < -0.3 is 5.41 Å². The Morgan fingerprint density at radius 1 is 0.846 bits per heavy atom. The minimum atomic E-state index is 0.818. The average Bonchev–Trinajstić information content (AvgIpc) is 2.07. The van der Waals surface area contributed by atoms with Gasteiger partial charge in [0.25, 0.3) is 0 Å². The summed E-state index contributed by atoms with van der Waals surface area (Å²) in [5, 5.41) is 7.07. The van der Waals surface area contributed by atoms with Gasteiger partial charge in [0.1, 0.15) is 0 Å². The molecule has 0 unspecified atom stereocenters. The molecule has 0 aromatic rings. The van der Waals surface area contributed by atoms with Crippen molar-refractivity contribution in [2.45, 2.75) is 72.6 Å². The number of hydrogen-bond acceptors (Lipinski definition) is 1. The van der Waals surface area contributed by atoms with Crippen LogP contribution in [0.4, 0.5) is 0 Å². The highest BCUT2D eigenvalue weighted by Gasteiger charge is 1.86. The van der Waals surface area contributed by atoms with Gasteiger partial charge in [-0.1, -0.05) is 52.9 Å². The van der Waals surface area contributed by atoms with E-state index in [1.54, 1.807) is 0 Å². The first-order valence-electron chi connectivity index (χ1n) is 5.72. The van der Waals surface area contributed by atoms with Crippen LogP contribution >= 0.6 is 0 Å². The van der Waals surface area contributed by atoms with E-state index < -0.39 is 0 Å². The van der Waals surface area contributed by atoms with Crippen LogP contribution in [0.2, 0.25) is 0 Å². The Balaban J connectivity index is 0. The van der Waals surface area contributed by atoms with Gasteiger partial charge in [-0.05, 0) is 19.8 Å². The Bertz CT molecular complexity index is 95.3. The van der Waals surface area contributed by atoms with E-state index in [-0.39, 0.29) is 0 Å². The summed E-state index contributed by atoms with van der Waals surface area (Å²) in [5.74, 6) is 0. The molecule has 0 aliphatic rings. The van der Waals surface area contributed by atoms with Crippen molar-refractivity contribution in [3.63, 3.8) is 0 Å². The van der Waals surface area contributed by atoms with Crippen LogP contribution in [0.5, 0.6) is 0 Å². The maximum absolute atomic E-state index is 7.07. The van der Waals surface area contributed by atoms with Gasteiger partial charge in [0.2, 0.25) is 0 Å². The summed E-state index contributed by atoms with van der Waals surface area (Å²) in [6.07, 6.45) is 8.80. The van der Waals surface area contributed by atoms with Crippen molar-refractivity contribution in [3.05, 3.63) is 0 Å². The third-order valence-electron chi connectivity index (χ3n) is 1.86. The smallest absolute Gasteiger partial charge is 0.00582 e. The summed E-state index contributed by atoms with van der Waals surface area (Å²) >= 11 is 0. The van der Waals surface area contributed by atoms with E-state index in [0.29, 0.717) is 0 Å². The molecule has 1 N–H and O–H groups in total. The average molecular weight is 185 g/mol. The zero-order chi connectivity index (χ0) is 10.5. The summed E-state index contributed by atoms with van der Waals surface area (Å²) in [5.41, 5.74) is 0.818. The molecule has 0 fully saturated rings. The van der Waals surface area contributed by atoms with Crippen LogP contribution in [0, 0.1) is 5.41 Å². The molecule has 0 aromatic carbocycles. The van der Waals surface area contributed by atoms with Gasteiger partial charge in [0, 0.05) is 5.71 Å². The van der Waals surface area contributed by atoms with E-state index in [4.69, 9.17) is 5.41 Å².